The molecular weight excluding hydrogens is 364 g/mol. The molecule has 1 aliphatic rings. The molecular formula is C23H26N4O2. The number of carbonyl (C=O) groups is 1. The van der Waals surface area contributed by atoms with Crippen LogP contribution in [0.5, 0.6) is 0 Å². The van der Waals surface area contributed by atoms with Gasteiger partial charge in [-0.2, -0.15) is 0 Å². The van der Waals surface area contributed by atoms with Gasteiger partial charge in [-0.3, -0.25) is 14.6 Å². The first-order chi connectivity index (χ1) is 14.2. The number of hydrogen-bond donors (Lipinski definition) is 1. The molecule has 1 amide bonds. The summed E-state index contributed by atoms with van der Waals surface area (Å²) in [5.41, 5.74) is 4.11. The normalized spacial score (nSPS) is 15.3. The molecule has 29 heavy (non-hydrogen) atoms. The highest BCUT2D eigenvalue weighted by Gasteiger charge is 2.20. The zero-order chi connectivity index (χ0) is 20.1. The summed E-state index contributed by atoms with van der Waals surface area (Å²) >= 11 is 0. The minimum atomic E-state index is 0.0260. The number of nitrogens with one attached hydrogen (secondary N) is 1. The first kappa shape index (κ1) is 19.4. The van der Waals surface area contributed by atoms with Crippen LogP contribution in [0.4, 0.5) is 5.69 Å². The predicted molar refractivity (Wildman–Crippen MR) is 113 cm³/mol. The summed E-state index contributed by atoms with van der Waals surface area (Å²) in [6, 6.07) is 20.2. The maximum absolute atomic E-state index is 12.4. The van der Waals surface area contributed by atoms with Crippen molar-refractivity contribution in [2.45, 2.75) is 13.5 Å². The highest BCUT2D eigenvalue weighted by molar-refractivity contribution is 5.92. The van der Waals surface area contributed by atoms with Gasteiger partial charge in [0.25, 0.3) is 0 Å². The predicted octanol–water partition coefficient (Wildman–Crippen LogP) is 3.41. The van der Waals surface area contributed by atoms with Crippen molar-refractivity contribution in [1.82, 2.24) is 15.0 Å². The number of anilines is 1. The van der Waals surface area contributed by atoms with Gasteiger partial charge in [0.05, 0.1) is 12.2 Å². The summed E-state index contributed by atoms with van der Waals surface area (Å²) in [6.45, 7) is 6.70. The minimum absolute atomic E-state index is 0.0260. The van der Waals surface area contributed by atoms with Crippen LogP contribution in [0.3, 0.4) is 0 Å². The van der Waals surface area contributed by atoms with E-state index in [9.17, 15) is 4.79 Å². The van der Waals surface area contributed by atoms with Gasteiger partial charge in [0.1, 0.15) is 5.76 Å². The van der Waals surface area contributed by atoms with Crippen LogP contribution in [0.1, 0.15) is 11.5 Å². The molecule has 150 valence electrons. The third-order valence-electron chi connectivity index (χ3n) is 5.17. The second-order valence-electron chi connectivity index (χ2n) is 7.47. The van der Waals surface area contributed by atoms with Gasteiger partial charge in [-0.1, -0.05) is 47.6 Å². The molecule has 0 bridgehead atoms. The second-order valence-corrected chi connectivity index (χ2v) is 7.47. The molecule has 0 unspecified atom stereocenters. The molecule has 6 heteroatoms. The highest BCUT2D eigenvalue weighted by atomic mass is 16.5. The van der Waals surface area contributed by atoms with Gasteiger partial charge >= 0.3 is 0 Å². The lowest BCUT2D eigenvalue weighted by Crippen LogP contribution is -2.48. The van der Waals surface area contributed by atoms with Crippen molar-refractivity contribution in [3.05, 3.63) is 72.1 Å². The smallest absolute Gasteiger partial charge is 0.238 e. The number of benzene rings is 2. The van der Waals surface area contributed by atoms with Gasteiger partial charge in [0.2, 0.25) is 5.91 Å². The quantitative estimate of drug-likeness (QED) is 0.699. The largest absolute Gasteiger partial charge is 0.361 e. The molecule has 3 aromatic rings. The molecule has 0 spiro atoms. The summed E-state index contributed by atoms with van der Waals surface area (Å²) in [5, 5.41) is 7.06. The molecule has 0 saturated carbocycles. The van der Waals surface area contributed by atoms with Crippen LogP contribution in [0.2, 0.25) is 0 Å². The molecule has 1 aliphatic heterocycles. The van der Waals surface area contributed by atoms with Crippen molar-refractivity contribution >= 4 is 11.6 Å². The Hall–Kier alpha value is -2.96. The summed E-state index contributed by atoms with van der Waals surface area (Å²) in [5.74, 6) is 0.866. The Morgan fingerprint density at radius 3 is 2.28 bits per heavy atom. The van der Waals surface area contributed by atoms with E-state index in [1.54, 1.807) is 0 Å². The fraction of sp³-hybridized carbons (Fsp3) is 0.304. The van der Waals surface area contributed by atoms with E-state index in [0.717, 1.165) is 55.4 Å². The lowest BCUT2D eigenvalue weighted by molar-refractivity contribution is -0.117. The monoisotopic (exact) mass is 390 g/mol. The van der Waals surface area contributed by atoms with E-state index >= 15 is 0 Å². The number of carbonyl (C=O) groups excluding carboxylic acids is 1. The lowest BCUT2D eigenvalue weighted by atomic mass is 10.1. The average molecular weight is 390 g/mol. The van der Waals surface area contributed by atoms with Gasteiger partial charge in [-0.15, -0.1) is 0 Å². The van der Waals surface area contributed by atoms with Crippen molar-refractivity contribution in [3.63, 3.8) is 0 Å². The fourth-order valence-electron chi connectivity index (χ4n) is 3.61. The van der Waals surface area contributed by atoms with E-state index in [4.69, 9.17) is 4.52 Å². The van der Waals surface area contributed by atoms with E-state index in [-0.39, 0.29) is 5.91 Å². The second kappa shape index (κ2) is 9.03. The van der Waals surface area contributed by atoms with Crippen molar-refractivity contribution < 1.29 is 9.32 Å². The third-order valence-corrected chi connectivity index (χ3v) is 5.17. The average Bonchev–Trinajstić information content (AvgIpc) is 3.15. The summed E-state index contributed by atoms with van der Waals surface area (Å²) in [4.78, 5) is 17.0. The molecule has 0 aliphatic carbocycles. The SMILES string of the molecule is Cc1cc(CN2CCN(CC(=O)Nc3ccc(-c4ccccc4)cc3)CC2)no1. The van der Waals surface area contributed by atoms with E-state index < -0.39 is 0 Å². The van der Waals surface area contributed by atoms with Gasteiger partial charge < -0.3 is 9.84 Å². The summed E-state index contributed by atoms with van der Waals surface area (Å²) in [6.07, 6.45) is 0. The van der Waals surface area contributed by atoms with Crippen LogP contribution in [0, 0.1) is 6.92 Å². The molecule has 1 N–H and O–H groups in total. The first-order valence-electron chi connectivity index (χ1n) is 9.98. The Morgan fingerprint density at radius 1 is 0.966 bits per heavy atom. The van der Waals surface area contributed by atoms with E-state index in [2.05, 4.69) is 32.4 Å². The lowest BCUT2D eigenvalue weighted by Gasteiger charge is -2.33. The van der Waals surface area contributed by atoms with E-state index in [1.807, 2.05) is 55.5 Å². The minimum Gasteiger partial charge on any atom is -0.361 e. The molecule has 0 radical (unpaired) electrons. The zero-order valence-corrected chi connectivity index (χ0v) is 16.7. The van der Waals surface area contributed by atoms with Crippen LogP contribution >= 0.6 is 0 Å². The van der Waals surface area contributed by atoms with Crippen LogP contribution < -0.4 is 5.32 Å². The number of rotatable bonds is 6. The topological polar surface area (TPSA) is 61.6 Å². The number of aromatic nitrogens is 1. The van der Waals surface area contributed by atoms with Crippen LogP contribution in [0.15, 0.2) is 65.2 Å². The molecule has 6 nitrogen and oxygen atoms in total. The van der Waals surface area contributed by atoms with Gasteiger partial charge in [-0.25, -0.2) is 0 Å². The fourth-order valence-corrected chi connectivity index (χ4v) is 3.61. The first-order valence-corrected chi connectivity index (χ1v) is 9.98. The van der Waals surface area contributed by atoms with Crippen LogP contribution in [-0.4, -0.2) is 53.6 Å². The van der Waals surface area contributed by atoms with E-state index in [1.165, 1.54) is 5.56 Å². The van der Waals surface area contributed by atoms with Crippen LogP contribution in [0.25, 0.3) is 11.1 Å². The number of hydrogen-bond acceptors (Lipinski definition) is 5. The molecule has 1 fully saturated rings. The van der Waals surface area contributed by atoms with E-state index in [0.29, 0.717) is 6.54 Å². The number of piperazine rings is 1. The molecule has 4 rings (SSSR count). The Morgan fingerprint density at radius 2 is 1.62 bits per heavy atom. The van der Waals surface area contributed by atoms with Crippen LogP contribution in [-0.2, 0) is 11.3 Å². The molecule has 1 saturated heterocycles. The van der Waals surface area contributed by atoms with Crippen molar-refractivity contribution in [2.24, 2.45) is 0 Å². The van der Waals surface area contributed by atoms with Gasteiger partial charge in [-0.05, 0) is 30.2 Å². The maximum Gasteiger partial charge on any atom is 0.238 e. The number of nitrogens with zero attached hydrogens (tertiary/aromatic N) is 3. The Bertz CT molecular complexity index is 929. The maximum atomic E-state index is 12.4. The molecule has 0 atom stereocenters. The number of amides is 1. The highest BCUT2D eigenvalue weighted by Crippen LogP contribution is 2.21. The Balaban J connectivity index is 1.23. The molecule has 2 aromatic carbocycles. The van der Waals surface area contributed by atoms with Gasteiger partial charge in [0, 0.05) is 44.5 Å². The third kappa shape index (κ3) is 5.31. The Kier molecular flexibility index (Phi) is 6.03. The van der Waals surface area contributed by atoms with Crippen molar-refractivity contribution in [2.75, 3.05) is 38.0 Å². The molecule has 1 aromatic heterocycles. The van der Waals surface area contributed by atoms with Gasteiger partial charge in [0.15, 0.2) is 0 Å². The standard InChI is InChI=1S/C23H26N4O2/c1-18-15-22(25-29-18)16-26-11-13-27(14-12-26)17-23(28)24-21-9-7-20(8-10-21)19-5-3-2-4-6-19/h2-10,15H,11-14,16-17H2,1H3,(H,24,28). The number of aryl methyl sites for hydroxylation is 1. The van der Waals surface area contributed by atoms with Crippen molar-refractivity contribution in [1.29, 1.82) is 0 Å². The van der Waals surface area contributed by atoms with Crippen molar-refractivity contribution in [3.8, 4) is 11.1 Å². The summed E-state index contributed by atoms with van der Waals surface area (Å²) < 4.78 is 5.13. The zero-order valence-electron chi connectivity index (χ0n) is 16.7. The molecule has 2 heterocycles. The summed E-state index contributed by atoms with van der Waals surface area (Å²) in [7, 11) is 0. The Labute approximate surface area is 171 Å².